The number of halogens is 1. The SMILES string of the molecule is C/C(=N/Nc1cccc(C(=O)O)c1)c1ccc(F)cc1. The monoisotopic (exact) mass is 272 g/mol. The lowest BCUT2D eigenvalue weighted by Gasteiger charge is -2.04. The van der Waals surface area contributed by atoms with Gasteiger partial charge >= 0.3 is 5.97 Å². The molecule has 0 aliphatic rings. The number of nitrogens with one attached hydrogen (secondary N) is 1. The number of aromatic carboxylic acids is 1. The molecule has 0 spiro atoms. The van der Waals surface area contributed by atoms with Crippen LogP contribution >= 0.6 is 0 Å². The van der Waals surface area contributed by atoms with Crippen LogP contribution in [0.2, 0.25) is 0 Å². The van der Waals surface area contributed by atoms with Crippen molar-refractivity contribution in [2.45, 2.75) is 6.92 Å². The van der Waals surface area contributed by atoms with E-state index in [1.807, 2.05) is 0 Å². The average molecular weight is 272 g/mol. The summed E-state index contributed by atoms with van der Waals surface area (Å²) in [7, 11) is 0. The maximum atomic E-state index is 12.8. The number of hydrogen-bond donors (Lipinski definition) is 2. The van der Waals surface area contributed by atoms with Gasteiger partial charge in [-0.15, -0.1) is 0 Å². The first-order chi connectivity index (χ1) is 9.56. The Morgan fingerprint density at radius 3 is 2.50 bits per heavy atom. The third-order valence-electron chi connectivity index (χ3n) is 2.72. The highest BCUT2D eigenvalue weighted by Gasteiger charge is 2.03. The number of benzene rings is 2. The van der Waals surface area contributed by atoms with E-state index in [0.29, 0.717) is 11.4 Å². The van der Waals surface area contributed by atoms with Gasteiger partial charge in [0.25, 0.3) is 0 Å². The molecule has 0 radical (unpaired) electrons. The third kappa shape index (κ3) is 3.41. The fraction of sp³-hybridized carbons (Fsp3) is 0.0667. The van der Waals surface area contributed by atoms with E-state index >= 15 is 0 Å². The molecule has 0 atom stereocenters. The number of hydrazone groups is 1. The molecule has 2 rings (SSSR count). The van der Waals surface area contributed by atoms with Crippen molar-refractivity contribution >= 4 is 17.4 Å². The van der Waals surface area contributed by atoms with Gasteiger partial charge in [-0.05, 0) is 42.8 Å². The Morgan fingerprint density at radius 2 is 1.85 bits per heavy atom. The van der Waals surface area contributed by atoms with E-state index in [1.165, 1.54) is 24.3 Å². The van der Waals surface area contributed by atoms with E-state index in [4.69, 9.17) is 5.11 Å². The molecular formula is C15H13FN2O2. The predicted octanol–water partition coefficient (Wildman–Crippen LogP) is 3.36. The first-order valence-corrected chi connectivity index (χ1v) is 5.96. The Kier molecular flexibility index (Phi) is 4.10. The van der Waals surface area contributed by atoms with E-state index < -0.39 is 5.97 Å². The Bertz CT molecular complexity index is 651. The van der Waals surface area contributed by atoms with Crippen molar-refractivity contribution in [2.24, 2.45) is 5.10 Å². The summed E-state index contributed by atoms with van der Waals surface area (Å²) < 4.78 is 12.8. The zero-order valence-electron chi connectivity index (χ0n) is 10.8. The molecule has 2 aromatic rings. The van der Waals surface area contributed by atoms with Crippen molar-refractivity contribution < 1.29 is 14.3 Å². The first kappa shape index (κ1) is 13.7. The Hall–Kier alpha value is -2.69. The van der Waals surface area contributed by atoms with E-state index in [0.717, 1.165) is 5.56 Å². The zero-order valence-corrected chi connectivity index (χ0v) is 10.8. The van der Waals surface area contributed by atoms with Gasteiger partial charge in [0.15, 0.2) is 0 Å². The van der Waals surface area contributed by atoms with Gasteiger partial charge in [-0.1, -0.05) is 18.2 Å². The second-order valence-electron chi connectivity index (χ2n) is 4.20. The second kappa shape index (κ2) is 5.97. The summed E-state index contributed by atoms with van der Waals surface area (Å²) in [5.41, 5.74) is 5.00. The van der Waals surface area contributed by atoms with Crippen LogP contribution in [0.5, 0.6) is 0 Å². The van der Waals surface area contributed by atoms with Gasteiger partial charge in [0.2, 0.25) is 0 Å². The Labute approximate surface area is 115 Å². The molecule has 5 heteroatoms. The fourth-order valence-electron chi connectivity index (χ4n) is 1.63. The summed E-state index contributed by atoms with van der Waals surface area (Å²) in [5.74, 6) is -1.29. The highest BCUT2D eigenvalue weighted by molar-refractivity contribution is 5.99. The minimum atomic E-state index is -0.993. The Balaban J connectivity index is 2.14. The molecule has 0 heterocycles. The van der Waals surface area contributed by atoms with Crippen molar-refractivity contribution in [3.63, 3.8) is 0 Å². The summed E-state index contributed by atoms with van der Waals surface area (Å²) >= 11 is 0. The van der Waals surface area contributed by atoms with E-state index in [1.54, 1.807) is 31.2 Å². The number of carboxylic acids is 1. The smallest absolute Gasteiger partial charge is 0.335 e. The lowest BCUT2D eigenvalue weighted by atomic mass is 10.1. The lowest BCUT2D eigenvalue weighted by Crippen LogP contribution is -2.01. The fourth-order valence-corrected chi connectivity index (χ4v) is 1.63. The van der Waals surface area contributed by atoms with Gasteiger partial charge in [-0.2, -0.15) is 5.10 Å². The van der Waals surface area contributed by atoms with E-state index in [2.05, 4.69) is 10.5 Å². The molecule has 0 unspecified atom stereocenters. The highest BCUT2D eigenvalue weighted by atomic mass is 19.1. The van der Waals surface area contributed by atoms with Gasteiger partial charge < -0.3 is 5.11 Å². The third-order valence-corrected chi connectivity index (χ3v) is 2.72. The molecule has 0 fully saturated rings. The molecule has 0 saturated heterocycles. The molecular weight excluding hydrogens is 259 g/mol. The summed E-state index contributed by atoms with van der Waals surface area (Å²) in [5, 5.41) is 13.0. The summed E-state index contributed by atoms with van der Waals surface area (Å²) in [6, 6.07) is 12.3. The highest BCUT2D eigenvalue weighted by Crippen LogP contribution is 2.11. The first-order valence-electron chi connectivity index (χ1n) is 5.96. The summed E-state index contributed by atoms with van der Waals surface area (Å²) in [6.07, 6.45) is 0. The molecule has 2 aromatic carbocycles. The van der Waals surface area contributed by atoms with Crippen LogP contribution < -0.4 is 5.43 Å². The number of nitrogens with zero attached hydrogens (tertiary/aromatic N) is 1. The zero-order chi connectivity index (χ0) is 14.5. The molecule has 102 valence electrons. The number of rotatable bonds is 4. The topological polar surface area (TPSA) is 61.7 Å². The number of anilines is 1. The van der Waals surface area contributed by atoms with Crippen LogP contribution in [0.4, 0.5) is 10.1 Å². The minimum Gasteiger partial charge on any atom is -0.478 e. The van der Waals surface area contributed by atoms with E-state index in [-0.39, 0.29) is 11.4 Å². The Morgan fingerprint density at radius 1 is 1.15 bits per heavy atom. The minimum absolute atomic E-state index is 0.185. The van der Waals surface area contributed by atoms with Gasteiger partial charge in [-0.25, -0.2) is 9.18 Å². The van der Waals surface area contributed by atoms with Crippen LogP contribution in [0.25, 0.3) is 0 Å². The quantitative estimate of drug-likeness (QED) is 0.662. The van der Waals surface area contributed by atoms with Crippen molar-refractivity contribution in [1.82, 2.24) is 0 Å². The van der Waals surface area contributed by atoms with Crippen molar-refractivity contribution in [1.29, 1.82) is 0 Å². The maximum Gasteiger partial charge on any atom is 0.335 e. The predicted molar refractivity (Wildman–Crippen MR) is 75.6 cm³/mol. The second-order valence-corrected chi connectivity index (χ2v) is 4.20. The lowest BCUT2D eigenvalue weighted by molar-refractivity contribution is 0.0697. The van der Waals surface area contributed by atoms with Gasteiger partial charge in [0, 0.05) is 0 Å². The number of carboxylic acid groups (broad SMARTS) is 1. The summed E-state index contributed by atoms with van der Waals surface area (Å²) in [4.78, 5) is 10.8. The molecule has 0 bridgehead atoms. The molecule has 2 N–H and O–H groups in total. The van der Waals surface area contributed by atoms with Crippen LogP contribution in [-0.4, -0.2) is 16.8 Å². The number of hydrogen-bond acceptors (Lipinski definition) is 3. The maximum absolute atomic E-state index is 12.8. The van der Waals surface area contributed by atoms with Crippen molar-refractivity contribution in [3.05, 3.63) is 65.5 Å². The van der Waals surface area contributed by atoms with Crippen molar-refractivity contribution in [3.8, 4) is 0 Å². The van der Waals surface area contributed by atoms with Crippen LogP contribution in [0.15, 0.2) is 53.6 Å². The molecule has 20 heavy (non-hydrogen) atoms. The molecule has 0 amide bonds. The average Bonchev–Trinajstić information content (AvgIpc) is 2.46. The standard InChI is InChI=1S/C15H13FN2O2/c1-10(11-5-7-13(16)8-6-11)17-18-14-4-2-3-12(9-14)15(19)20/h2-9,18H,1H3,(H,19,20)/b17-10-. The van der Waals surface area contributed by atoms with E-state index in [9.17, 15) is 9.18 Å². The molecule has 4 nitrogen and oxygen atoms in total. The van der Waals surface area contributed by atoms with Gasteiger partial charge in [0.05, 0.1) is 17.0 Å². The molecule has 0 aliphatic heterocycles. The van der Waals surface area contributed by atoms with Crippen LogP contribution in [-0.2, 0) is 0 Å². The molecule has 0 aromatic heterocycles. The summed E-state index contributed by atoms with van der Waals surface area (Å²) in [6.45, 7) is 1.78. The van der Waals surface area contributed by atoms with Crippen LogP contribution in [0.3, 0.4) is 0 Å². The van der Waals surface area contributed by atoms with Crippen LogP contribution in [0.1, 0.15) is 22.8 Å². The largest absolute Gasteiger partial charge is 0.478 e. The van der Waals surface area contributed by atoms with Crippen LogP contribution in [0, 0.1) is 5.82 Å². The molecule has 0 saturated carbocycles. The van der Waals surface area contributed by atoms with Gasteiger partial charge in [0.1, 0.15) is 5.82 Å². The van der Waals surface area contributed by atoms with Crippen molar-refractivity contribution in [2.75, 3.05) is 5.43 Å². The molecule has 0 aliphatic carbocycles. The normalized spacial score (nSPS) is 11.2. The number of carbonyl (C=O) groups is 1. The van der Waals surface area contributed by atoms with Gasteiger partial charge in [-0.3, -0.25) is 5.43 Å².